The Kier molecular flexibility index (Phi) is 3.64. The fourth-order valence-corrected chi connectivity index (χ4v) is 3.09. The molecule has 0 atom stereocenters. The fourth-order valence-electron chi connectivity index (χ4n) is 3.09. The van der Waals surface area contributed by atoms with Crippen molar-refractivity contribution in [3.63, 3.8) is 0 Å². The van der Waals surface area contributed by atoms with Crippen LogP contribution in [0, 0.1) is 11.6 Å². The summed E-state index contributed by atoms with van der Waals surface area (Å²) < 4.78 is 28.0. The monoisotopic (exact) mass is 354 g/mol. The fraction of sp³-hybridized carbons (Fsp3) is 0.105. The van der Waals surface area contributed by atoms with Crippen LogP contribution in [0.15, 0.2) is 41.2 Å². The average Bonchev–Trinajstić information content (AvgIpc) is 3.01. The standard InChI is InChI=1S/C19H12F2N2O3/c20-14-4-1-10(8-15(14)21)7-11-5-6-23-17(11)22-16-9-12(19(25)26)2-3-13(16)18(23)24/h1-4,7-9H,5-6H2,(H,25,26). The molecule has 2 aromatic carbocycles. The predicted molar refractivity (Wildman–Crippen MR) is 91.8 cm³/mol. The Hall–Kier alpha value is -3.35. The molecular weight excluding hydrogens is 342 g/mol. The van der Waals surface area contributed by atoms with Crippen LogP contribution in [0.2, 0.25) is 0 Å². The van der Waals surface area contributed by atoms with Gasteiger partial charge in [-0.05, 0) is 54.0 Å². The number of halogens is 2. The molecule has 26 heavy (non-hydrogen) atoms. The molecule has 1 aromatic heterocycles. The first kappa shape index (κ1) is 16.1. The molecule has 0 saturated heterocycles. The summed E-state index contributed by atoms with van der Waals surface area (Å²) in [4.78, 5) is 28.2. The molecule has 0 unspecified atom stereocenters. The van der Waals surface area contributed by atoms with Crippen LogP contribution in [0.5, 0.6) is 0 Å². The highest BCUT2D eigenvalue weighted by Gasteiger charge is 2.21. The van der Waals surface area contributed by atoms with Crippen LogP contribution in [-0.2, 0) is 6.54 Å². The van der Waals surface area contributed by atoms with Crippen LogP contribution in [0.4, 0.5) is 8.78 Å². The van der Waals surface area contributed by atoms with Crippen molar-refractivity contribution in [2.75, 3.05) is 0 Å². The van der Waals surface area contributed by atoms with Gasteiger partial charge < -0.3 is 5.11 Å². The predicted octanol–water partition coefficient (Wildman–Crippen LogP) is 3.32. The second-order valence-corrected chi connectivity index (χ2v) is 6.02. The Morgan fingerprint density at radius 2 is 1.96 bits per heavy atom. The number of aromatic carboxylic acids is 1. The molecular formula is C19H12F2N2O3. The maximum atomic E-state index is 13.4. The van der Waals surface area contributed by atoms with Gasteiger partial charge in [0.05, 0.1) is 16.5 Å². The summed E-state index contributed by atoms with van der Waals surface area (Å²) in [5.74, 6) is -2.57. The maximum absolute atomic E-state index is 13.4. The molecule has 0 fully saturated rings. The second kappa shape index (κ2) is 5.87. The summed E-state index contributed by atoms with van der Waals surface area (Å²) in [6, 6.07) is 7.73. The SMILES string of the molecule is O=C(O)c1ccc2c(=O)n3c(nc2c1)C(=Cc1ccc(F)c(F)c1)CC3. The summed E-state index contributed by atoms with van der Waals surface area (Å²) in [6.07, 6.45) is 2.17. The Bertz CT molecular complexity index is 1170. The smallest absolute Gasteiger partial charge is 0.335 e. The van der Waals surface area contributed by atoms with Crippen molar-refractivity contribution < 1.29 is 18.7 Å². The van der Waals surface area contributed by atoms with Crippen LogP contribution in [0.3, 0.4) is 0 Å². The Morgan fingerprint density at radius 1 is 1.15 bits per heavy atom. The van der Waals surface area contributed by atoms with Gasteiger partial charge in [0.2, 0.25) is 0 Å². The van der Waals surface area contributed by atoms with E-state index < -0.39 is 17.6 Å². The molecule has 1 N–H and O–H groups in total. The quantitative estimate of drug-likeness (QED) is 0.766. The van der Waals surface area contributed by atoms with Gasteiger partial charge in [0.15, 0.2) is 11.6 Å². The summed E-state index contributed by atoms with van der Waals surface area (Å²) in [5.41, 5.74) is 1.24. The lowest BCUT2D eigenvalue weighted by Gasteiger charge is -2.06. The average molecular weight is 354 g/mol. The zero-order valence-electron chi connectivity index (χ0n) is 13.4. The van der Waals surface area contributed by atoms with Crippen molar-refractivity contribution in [2.24, 2.45) is 0 Å². The number of carboxylic acid groups (broad SMARTS) is 1. The van der Waals surface area contributed by atoms with E-state index in [1.54, 1.807) is 6.08 Å². The third kappa shape index (κ3) is 2.57. The minimum absolute atomic E-state index is 0.0403. The van der Waals surface area contributed by atoms with E-state index in [2.05, 4.69) is 4.98 Å². The Labute approximate surface area is 145 Å². The van der Waals surface area contributed by atoms with Crippen molar-refractivity contribution in [2.45, 2.75) is 13.0 Å². The van der Waals surface area contributed by atoms with Gasteiger partial charge in [-0.2, -0.15) is 0 Å². The molecule has 5 nitrogen and oxygen atoms in total. The number of nitrogens with zero attached hydrogens (tertiary/aromatic N) is 2. The van der Waals surface area contributed by atoms with Gasteiger partial charge in [0, 0.05) is 6.54 Å². The molecule has 0 aliphatic carbocycles. The number of carboxylic acids is 1. The molecule has 1 aliphatic heterocycles. The molecule has 0 amide bonds. The van der Waals surface area contributed by atoms with Crippen LogP contribution in [0.25, 0.3) is 22.6 Å². The number of allylic oxidation sites excluding steroid dienone is 1. The molecule has 0 spiro atoms. The third-order valence-corrected chi connectivity index (χ3v) is 4.38. The molecule has 0 bridgehead atoms. The van der Waals surface area contributed by atoms with E-state index in [9.17, 15) is 18.4 Å². The van der Waals surface area contributed by atoms with E-state index in [4.69, 9.17) is 5.11 Å². The van der Waals surface area contributed by atoms with Crippen molar-refractivity contribution in [3.8, 4) is 0 Å². The molecule has 1 aliphatic rings. The van der Waals surface area contributed by atoms with E-state index in [1.165, 1.54) is 28.8 Å². The van der Waals surface area contributed by atoms with Crippen LogP contribution >= 0.6 is 0 Å². The minimum atomic E-state index is -1.10. The zero-order valence-corrected chi connectivity index (χ0v) is 13.4. The Morgan fingerprint density at radius 3 is 2.69 bits per heavy atom. The van der Waals surface area contributed by atoms with Crippen molar-refractivity contribution in [1.82, 2.24) is 9.55 Å². The zero-order chi connectivity index (χ0) is 18.4. The minimum Gasteiger partial charge on any atom is -0.478 e. The van der Waals surface area contributed by atoms with E-state index in [1.807, 2.05) is 0 Å². The van der Waals surface area contributed by atoms with Gasteiger partial charge in [-0.3, -0.25) is 9.36 Å². The number of benzene rings is 2. The van der Waals surface area contributed by atoms with Crippen molar-refractivity contribution in [3.05, 3.63) is 75.3 Å². The largest absolute Gasteiger partial charge is 0.478 e. The topological polar surface area (TPSA) is 72.2 Å². The van der Waals surface area contributed by atoms with E-state index in [-0.39, 0.29) is 11.1 Å². The Balaban J connectivity index is 1.88. The van der Waals surface area contributed by atoms with E-state index in [0.717, 1.165) is 12.1 Å². The molecule has 0 saturated carbocycles. The van der Waals surface area contributed by atoms with Crippen LogP contribution < -0.4 is 5.56 Å². The number of carbonyl (C=O) groups is 1. The molecule has 4 rings (SSSR count). The number of hydrogen-bond acceptors (Lipinski definition) is 3. The summed E-state index contributed by atoms with van der Waals surface area (Å²) in [6.45, 7) is 0.424. The van der Waals surface area contributed by atoms with Gasteiger partial charge in [0.25, 0.3) is 5.56 Å². The summed E-state index contributed by atoms with van der Waals surface area (Å²) in [5, 5.41) is 9.45. The first-order chi connectivity index (χ1) is 12.4. The van der Waals surface area contributed by atoms with Crippen LogP contribution in [-0.4, -0.2) is 20.6 Å². The first-order valence-electron chi connectivity index (χ1n) is 7.88. The number of hydrogen-bond donors (Lipinski definition) is 1. The first-order valence-corrected chi connectivity index (χ1v) is 7.88. The maximum Gasteiger partial charge on any atom is 0.335 e. The normalized spacial score (nSPS) is 14.8. The van der Waals surface area contributed by atoms with E-state index >= 15 is 0 Å². The molecule has 7 heteroatoms. The highest BCUT2D eigenvalue weighted by molar-refractivity contribution is 5.93. The lowest BCUT2D eigenvalue weighted by atomic mass is 10.1. The van der Waals surface area contributed by atoms with Crippen molar-refractivity contribution >= 4 is 28.5 Å². The molecule has 2 heterocycles. The van der Waals surface area contributed by atoms with Gasteiger partial charge in [-0.25, -0.2) is 18.6 Å². The van der Waals surface area contributed by atoms with E-state index in [0.29, 0.717) is 40.8 Å². The number of rotatable bonds is 2. The highest BCUT2D eigenvalue weighted by atomic mass is 19.2. The van der Waals surface area contributed by atoms with Crippen LogP contribution in [0.1, 0.15) is 28.2 Å². The third-order valence-electron chi connectivity index (χ3n) is 4.38. The molecule has 130 valence electrons. The van der Waals surface area contributed by atoms with Crippen molar-refractivity contribution in [1.29, 1.82) is 0 Å². The van der Waals surface area contributed by atoms with Gasteiger partial charge >= 0.3 is 5.97 Å². The lowest BCUT2D eigenvalue weighted by Crippen LogP contribution is -2.21. The van der Waals surface area contributed by atoms with Gasteiger partial charge in [0.1, 0.15) is 5.82 Å². The van der Waals surface area contributed by atoms with Gasteiger partial charge in [-0.1, -0.05) is 6.07 Å². The summed E-state index contributed by atoms with van der Waals surface area (Å²) in [7, 11) is 0. The molecule has 3 aromatic rings. The number of aromatic nitrogens is 2. The summed E-state index contributed by atoms with van der Waals surface area (Å²) >= 11 is 0. The lowest BCUT2D eigenvalue weighted by molar-refractivity contribution is 0.0697. The van der Waals surface area contributed by atoms with Gasteiger partial charge in [-0.15, -0.1) is 0 Å². The number of fused-ring (bicyclic) bond motifs is 2. The second-order valence-electron chi connectivity index (χ2n) is 6.02. The molecule has 0 radical (unpaired) electrons. The highest BCUT2D eigenvalue weighted by Crippen LogP contribution is 2.28.